The highest BCUT2D eigenvalue weighted by Crippen LogP contribution is 2.35. The van der Waals surface area contributed by atoms with E-state index in [0.29, 0.717) is 51.4 Å². The zero-order valence-electron chi connectivity index (χ0n) is 22.2. The van der Waals surface area contributed by atoms with Gasteiger partial charge in [0.2, 0.25) is 0 Å². The van der Waals surface area contributed by atoms with Crippen LogP contribution in [0.2, 0.25) is 0 Å². The van der Waals surface area contributed by atoms with Crippen LogP contribution in [-0.2, 0) is 0 Å². The van der Waals surface area contributed by atoms with Crippen molar-refractivity contribution in [3.63, 3.8) is 0 Å². The molecule has 2 N–H and O–H groups in total. The van der Waals surface area contributed by atoms with Crippen LogP contribution in [0.15, 0.2) is 77.4 Å². The van der Waals surface area contributed by atoms with Crippen LogP contribution in [0.3, 0.4) is 0 Å². The summed E-state index contributed by atoms with van der Waals surface area (Å²) < 4.78 is 25.9. The van der Waals surface area contributed by atoms with E-state index in [9.17, 15) is 14.0 Å². The van der Waals surface area contributed by atoms with Crippen LogP contribution >= 0.6 is 0 Å². The summed E-state index contributed by atoms with van der Waals surface area (Å²) in [6.07, 6.45) is 5.60. The second kappa shape index (κ2) is 11.7. The van der Waals surface area contributed by atoms with E-state index in [1.807, 2.05) is 32.0 Å². The molecule has 3 aromatic carbocycles. The molecule has 0 radical (unpaired) electrons. The topological polar surface area (TPSA) is 80.6 Å². The maximum absolute atomic E-state index is 13.9. The SMILES string of the molecule is CC(C)CNC(=O)c1ccc(OC2CCCC2)c(C(NC(=O)c2coc3ccccc23)c2ccc(F)cc2)c1. The van der Waals surface area contributed by atoms with Gasteiger partial charge in [0, 0.05) is 23.1 Å². The van der Waals surface area contributed by atoms with Crippen molar-refractivity contribution in [3.8, 4) is 5.75 Å². The predicted octanol–water partition coefficient (Wildman–Crippen LogP) is 6.80. The zero-order chi connectivity index (χ0) is 27.4. The molecular weight excluding hydrogens is 495 g/mol. The normalized spacial score (nSPS) is 14.5. The van der Waals surface area contributed by atoms with E-state index in [-0.39, 0.29) is 23.7 Å². The lowest BCUT2D eigenvalue weighted by Gasteiger charge is -2.25. The number of nitrogens with one attached hydrogen (secondary N) is 2. The first-order chi connectivity index (χ1) is 18.9. The quantitative estimate of drug-likeness (QED) is 0.250. The van der Waals surface area contributed by atoms with Gasteiger partial charge in [-0.1, -0.05) is 44.2 Å². The summed E-state index contributed by atoms with van der Waals surface area (Å²) in [5.74, 6) is -0.0459. The number of furan rings is 1. The van der Waals surface area contributed by atoms with Crippen LogP contribution in [-0.4, -0.2) is 24.5 Å². The van der Waals surface area contributed by atoms with Crippen LogP contribution in [0.5, 0.6) is 5.75 Å². The van der Waals surface area contributed by atoms with Gasteiger partial charge < -0.3 is 19.8 Å². The summed E-state index contributed by atoms with van der Waals surface area (Å²) in [5, 5.41) is 6.76. The molecule has 0 bridgehead atoms. The van der Waals surface area contributed by atoms with Crippen LogP contribution in [0.4, 0.5) is 4.39 Å². The van der Waals surface area contributed by atoms with Crippen molar-refractivity contribution < 1.29 is 23.1 Å². The Hall–Kier alpha value is -4.13. The van der Waals surface area contributed by atoms with Crippen LogP contribution in [0, 0.1) is 11.7 Å². The summed E-state index contributed by atoms with van der Waals surface area (Å²) in [7, 11) is 0. The predicted molar refractivity (Wildman–Crippen MR) is 148 cm³/mol. The molecule has 0 spiro atoms. The van der Waals surface area contributed by atoms with Crippen molar-refractivity contribution in [2.75, 3.05) is 6.54 Å². The van der Waals surface area contributed by atoms with Crippen LogP contribution in [0.25, 0.3) is 11.0 Å². The maximum Gasteiger partial charge on any atom is 0.255 e. The Bertz CT molecular complexity index is 1450. The fourth-order valence-corrected chi connectivity index (χ4v) is 4.97. The van der Waals surface area contributed by atoms with Gasteiger partial charge in [0.25, 0.3) is 11.8 Å². The van der Waals surface area contributed by atoms with Gasteiger partial charge >= 0.3 is 0 Å². The Labute approximate surface area is 227 Å². The minimum absolute atomic E-state index is 0.0618. The van der Waals surface area contributed by atoms with Gasteiger partial charge in [-0.15, -0.1) is 0 Å². The third-order valence-corrected chi connectivity index (χ3v) is 7.05. The van der Waals surface area contributed by atoms with Crippen molar-refractivity contribution in [2.45, 2.75) is 51.7 Å². The van der Waals surface area contributed by atoms with Gasteiger partial charge in [-0.25, -0.2) is 4.39 Å². The zero-order valence-corrected chi connectivity index (χ0v) is 22.2. The van der Waals surface area contributed by atoms with E-state index in [2.05, 4.69) is 10.6 Å². The molecule has 5 rings (SSSR count). The molecular formula is C32H33FN2O4. The largest absolute Gasteiger partial charge is 0.490 e. The standard InChI is InChI=1S/C32H33FN2O4/c1-20(2)18-34-31(36)22-13-16-29(39-24-7-3-4-8-24)26(17-22)30(21-11-14-23(33)15-12-21)35-32(37)27-19-38-28-10-6-5-9-25(27)28/h5-6,9-17,19-20,24,30H,3-4,7-8,18H2,1-2H3,(H,34,36)(H,35,37). The highest BCUT2D eigenvalue weighted by Gasteiger charge is 2.27. The van der Waals surface area contributed by atoms with E-state index in [1.165, 1.54) is 18.4 Å². The maximum atomic E-state index is 13.9. The first kappa shape index (κ1) is 26.5. The summed E-state index contributed by atoms with van der Waals surface area (Å²) >= 11 is 0. The third-order valence-electron chi connectivity index (χ3n) is 7.05. The number of halogens is 1. The molecule has 0 aliphatic heterocycles. The molecule has 1 heterocycles. The molecule has 7 heteroatoms. The summed E-state index contributed by atoms with van der Waals surface area (Å²) in [6.45, 7) is 4.61. The van der Waals surface area contributed by atoms with Crippen molar-refractivity contribution in [3.05, 3.63) is 101 Å². The average Bonchev–Trinajstić information content (AvgIpc) is 3.61. The first-order valence-corrected chi connectivity index (χ1v) is 13.5. The smallest absolute Gasteiger partial charge is 0.255 e. The molecule has 1 atom stereocenters. The van der Waals surface area contributed by atoms with E-state index in [1.54, 1.807) is 36.4 Å². The van der Waals surface area contributed by atoms with Gasteiger partial charge in [-0.3, -0.25) is 9.59 Å². The number of rotatable bonds is 9. The monoisotopic (exact) mass is 528 g/mol. The second-order valence-corrected chi connectivity index (χ2v) is 10.5. The van der Waals surface area contributed by atoms with Crippen LogP contribution < -0.4 is 15.4 Å². The number of hydrogen-bond donors (Lipinski definition) is 2. The lowest BCUT2D eigenvalue weighted by molar-refractivity contribution is 0.0940. The molecule has 39 heavy (non-hydrogen) atoms. The van der Waals surface area contributed by atoms with Gasteiger partial charge in [0.15, 0.2) is 0 Å². The molecule has 0 saturated heterocycles. The molecule has 1 fully saturated rings. The molecule has 2 amide bonds. The molecule has 202 valence electrons. The number of fused-ring (bicyclic) bond motifs is 1. The molecule has 1 aromatic heterocycles. The van der Waals surface area contributed by atoms with Crippen molar-refractivity contribution >= 4 is 22.8 Å². The highest BCUT2D eigenvalue weighted by molar-refractivity contribution is 6.06. The number of carbonyl (C=O) groups excluding carboxylic acids is 2. The number of amides is 2. The Kier molecular flexibility index (Phi) is 7.96. The second-order valence-electron chi connectivity index (χ2n) is 10.5. The molecule has 1 aliphatic carbocycles. The Morgan fingerprint density at radius 2 is 1.74 bits per heavy atom. The van der Waals surface area contributed by atoms with Crippen LogP contribution in [0.1, 0.15) is 77.4 Å². The molecule has 6 nitrogen and oxygen atoms in total. The van der Waals surface area contributed by atoms with E-state index in [4.69, 9.17) is 9.15 Å². The number of hydrogen-bond acceptors (Lipinski definition) is 4. The Balaban J connectivity index is 1.56. The lowest BCUT2D eigenvalue weighted by Crippen LogP contribution is -2.31. The van der Waals surface area contributed by atoms with E-state index >= 15 is 0 Å². The summed E-state index contributed by atoms with van der Waals surface area (Å²) in [4.78, 5) is 26.6. The fraction of sp³-hybridized carbons (Fsp3) is 0.312. The number of benzene rings is 3. The van der Waals surface area contributed by atoms with E-state index < -0.39 is 6.04 Å². The summed E-state index contributed by atoms with van der Waals surface area (Å²) in [5.41, 5.74) is 2.75. The number of para-hydroxylation sites is 1. The number of ether oxygens (including phenoxy) is 1. The van der Waals surface area contributed by atoms with Gasteiger partial charge in [0.1, 0.15) is 23.4 Å². The Morgan fingerprint density at radius 3 is 2.49 bits per heavy atom. The van der Waals surface area contributed by atoms with E-state index in [0.717, 1.165) is 25.7 Å². The van der Waals surface area contributed by atoms with Crippen molar-refractivity contribution in [1.82, 2.24) is 10.6 Å². The Morgan fingerprint density at radius 1 is 1.00 bits per heavy atom. The highest BCUT2D eigenvalue weighted by atomic mass is 19.1. The molecule has 1 aliphatic rings. The molecule has 1 unspecified atom stereocenters. The lowest BCUT2D eigenvalue weighted by atomic mass is 9.95. The van der Waals surface area contributed by atoms with Crippen molar-refractivity contribution in [2.24, 2.45) is 5.92 Å². The minimum atomic E-state index is -0.707. The van der Waals surface area contributed by atoms with Gasteiger partial charge in [-0.05, 0) is 73.6 Å². The number of carbonyl (C=O) groups is 2. The molecule has 4 aromatic rings. The summed E-state index contributed by atoms with van der Waals surface area (Å²) in [6, 6.07) is 17.9. The van der Waals surface area contributed by atoms with Gasteiger partial charge in [-0.2, -0.15) is 0 Å². The average molecular weight is 529 g/mol. The first-order valence-electron chi connectivity index (χ1n) is 13.5. The minimum Gasteiger partial charge on any atom is -0.490 e. The molecule has 1 saturated carbocycles. The van der Waals surface area contributed by atoms with Gasteiger partial charge in [0.05, 0.1) is 17.7 Å². The van der Waals surface area contributed by atoms with Crippen molar-refractivity contribution in [1.29, 1.82) is 0 Å². The third kappa shape index (κ3) is 6.14. The fourth-order valence-electron chi connectivity index (χ4n) is 4.97.